The van der Waals surface area contributed by atoms with E-state index in [1.54, 1.807) is 0 Å². The molecule has 4 aromatic rings. The summed E-state index contributed by atoms with van der Waals surface area (Å²) in [6.07, 6.45) is 5.19. The quantitative estimate of drug-likeness (QED) is 0.469. The average molecular weight is 461 g/mol. The molecule has 0 fully saturated rings. The van der Waals surface area contributed by atoms with Crippen molar-refractivity contribution in [1.82, 2.24) is 9.13 Å². The maximum absolute atomic E-state index is 13.7. The zero-order valence-corrected chi connectivity index (χ0v) is 19.1. The molecule has 2 N–H and O–H groups in total. The number of aromatic nitrogens is 2. The summed E-state index contributed by atoms with van der Waals surface area (Å²) in [6, 6.07) is 16.0. The number of hydrogen-bond donors (Lipinski definition) is 1. The van der Waals surface area contributed by atoms with Gasteiger partial charge in [-0.1, -0.05) is 36.4 Å². The Bertz CT molecular complexity index is 1460. The fourth-order valence-corrected chi connectivity index (χ4v) is 5.37. The molecule has 168 valence electrons. The van der Waals surface area contributed by atoms with Gasteiger partial charge in [-0.3, -0.25) is 9.59 Å². The summed E-state index contributed by atoms with van der Waals surface area (Å²) in [5, 5.41) is 1.91. The number of carbonyl (C=O) groups excluding carboxylic acids is 2. The van der Waals surface area contributed by atoms with E-state index in [-0.39, 0.29) is 24.2 Å². The SMILES string of the molecule is Cl.Cn1cc(C2=CC(=O)N(c3c4n(c5ccccc35)CCC(CN)C4)C2=O)c2ccccc21. The van der Waals surface area contributed by atoms with Gasteiger partial charge in [-0.15, -0.1) is 12.4 Å². The van der Waals surface area contributed by atoms with Gasteiger partial charge in [-0.05, 0) is 37.4 Å². The number of para-hydroxylation sites is 2. The van der Waals surface area contributed by atoms with Gasteiger partial charge in [0.1, 0.15) is 0 Å². The van der Waals surface area contributed by atoms with Crippen LogP contribution in [0.15, 0.2) is 60.8 Å². The maximum Gasteiger partial charge on any atom is 0.266 e. The van der Waals surface area contributed by atoms with E-state index >= 15 is 0 Å². The zero-order chi connectivity index (χ0) is 22.0. The Morgan fingerprint density at radius 1 is 1.00 bits per heavy atom. The van der Waals surface area contributed by atoms with Crippen LogP contribution in [-0.2, 0) is 29.6 Å². The van der Waals surface area contributed by atoms with E-state index in [4.69, 9.17) is 5.73 Å². The van der Waals surface area contributed by atoms with Gasteiger partial charge in [-0.25, -0.2) is 4.90 Å². The lowest BCUT2D eigenvalue weighted by molar-refractivity contribution is -0.119. The van der Waals surface area contributed by atoms with Gasteiger partial charge in [0.25, 0.3) is 11.8 Å². The fraction of sp³-hybridized carbons (Fsp3) is 0.231. The number of hydrogen-bond acceptors (Lipinski definition) is 3. The molecule has 6 rings (SSSR count). The third kappa shape index (κ3) is 3.05. The Kier molecular flexibility index (Phi) is 5.15. The van der Waals surface area contributed by atoms with Crippen LogP contribution in [0.5, 0.6) is 0 Å². The first-order valence-electron chi connectivity index (χ1n) is 11.0. The lowest BCUT2D eigenvalue weighted by Crippen LogP contribution is -2.33. The van der Waals surface area contributed by atoms with Gasteiger partial charge in [0.05, 0.1) is 16.8 Å². The predicted molar refractivity (Wildman–Crippen MR) is 133 cm³/mol. The number of aryl methyl sites for hydroxylation is 2. The number of anilines is 1. The van der Waals surface area contributed by atoms with Crippen molar-refractivity contribution in [3.63, 3.8) is 0 Å². The second kappa shape index (κ2) is 7.90. The van der Waals surface area contributed by atoms with Crippen LogP contribution < -0.4 is 10.6 Å². The number of carbonyl (C=O) groups is 2. The highest BCUT2D eigenvalue weighted by atomic mass is 35.5. The minimum Gasteiger partial charge on any atom is -0.350 e. The highest BCUT2D eigenvalue weighted by Crippen LogP contribution is 2.42. The van der Waals surface area contributed by atoms with Crippen LogP contribution in [0.1, 0.15) is 17.7 Å². The summed E-state index contributed by atoms with van der Waals surface area (Å²) in [6.45, 7) is 1.44. The molecular formula is C26H25ClN4O2. The third-order valence-electron chi connectivity index (χ3n) is 6.96. The van der Waals surface area contributed by atoms with Crippen molar-refractivity contribution in [2.75, 3.05) is 11.4 Å². The Labute approximate surface area is 197 Å². The van der Waals surface area contributed by atoms with E-state index in [1.807, 2.05) is 60.3 Å². The van der Waals surface area contributed by atoms with Crippen LogP contribution in [0.3, 0.4) is 0 Å². The number of imide groups is 1. The summed E-state index contributed by atoms with van der Waals surface area (Å²) in [7, 11) is 1.95. The van der Waals surface area contributed by atoms with Crippen molar-refractivity contribution in [3.8, 4) is 0 Å². The van der Waals surface area contributed by atoms with Crippen molar-refractivity contribution in [3.05, 3.63) is 72.1 Å². The molecule has 2 aliphatic heterocycles. The first-order valence-corrected chi connectivity index (χ1v) is 11.0. The van der Waals surface area contributed by atoms with Crippen molar-refractivity contribution in [2.24, 2.45) is 18.7 Å². The Hall–Kier alpha value is -3.35. The van der Waals surface area contributed by atoms with Crippen LogP contribution in [0.2, 0.25) is 0 Å². The van der Waals surface area contributed by atoms with Crippen LogP contribution in [-0.4, -0.2) is 27.5 Å². The summed E-state index contributed by atoms with van der Waals surface area (Å²) in [5.74, 6) is -0.198. The van der Waals surface area contributed by atoms with Crippen molar-refractivity contribution in [2.45, 2.75) is 19.4 Å². The molecule has 6 nitrogen and oxygen atoms in total. The highest BCUT2D eigenvalue weighted by Gasteiger charge is 2.39. The molecule has 0 saturated heterocycles. The minimum atomic E-state index is -0.285. The first kappa shape index (κ1) is 21.5. The van der Waals surface area contributed by atoms with Crippen LogP contribution in [0.25, 0.3) is 27.4 Å². The molecule has 0 bridgehead atoms. The Morgan fingerprint density at radius 2 is 1.70 bits per heavy atom. The zero-order valence-electron chi connectivity index (χ0n) is 18.3. The smallest absolute Gasteiger partial charge is 0.266 e. The molecule has 7 heteroatoms. The van der Waals surface area contributed by atoms with Gasteiger partial charge in [0.15, 0.2) is 0 Å². The summed E-state index contributed by atoms with van der Waals surface area (Å²) >= 11 is 0. The second-order valence-corrected chi connectivity index (χ2v) is 8.77. The summed E-state index contributed by atoms with van der Waals surface area (Å²) in [5.41, 5.74) is 11.1. The normalized spacial score (nSPS) is 18.1. The van der Waals surface area contributed by atoms with Crippen LogP contribution in [0.4, 0.5) is 5.69 Å². The first-order chi connectivity index (χ1) is 15.6. The van der Waals surface area contributed by atoms with E-state index < -0.39 is 0 Å². The minimum absolute atomic E-state index is 0. The molecule has 33 heavy (non-hydrogen) atoms. The van der Waals surface area contributed by atoms with Crippen LogP contribution in [0, 0.1) is 5.92 Å². The molecule has 0 radical (unpaired) electrons. The summed E-state index contributed by atoms with van der Waals surface area (Å²) < 4.78 is 4.25. The van der Waals surface area contributed by atoms with Gasteiger partial charge in [-0.2, -0.15) is 0 Å². The second-order valence-electron chi connectivity index (χ2n) is 8.77. The lowest BCUT2D eigenvalue weighted by Gasteiger charge is -2.26. The molecule has 2 aliphatic rings. The molecule has 2 amide bonds. The largest absolute Gasteiger partial charge is 0.350 e. The number of amides is 2. The monoisotopic (exact) mass is 460 g/mol. The number of nitrogens with zero attached hydrogens (tertiary/aromatic N) is 3. The number of nitrogens with two attached hydrogens (primary N) is 1. The summed E-state index contributed by atoms with van der Waals surface area (Å²) in [4.78, 5) is 28.4. The molecule has 2 aromatic heterocycles. The standard InChI is InChI=1S/C26H24N4O2.ClH/c1-28-15-20(17-6-2-4-8-21(17)28)19-13-24(31)30(26(19)32)25-18-7-3-5-9-22(18)29-11-10-16(14-27)12-23(25)29;/h2-9,13,15-16H,10-12,14,27H2,1H3;1H. The van der Waals surface area contributed by atoms with Gasteiger partial charge < -0.3 is 14.9 Å². The predicted octanol–water partition coefficient (Wildman–Crippen LogP) is 4.03. The molecule has 0 spiro atoms. The van der Waals surface area contributed by atoms with Gasteiger partial charge in [0, 0.05) is 53.4 Å². The number of halogens is 1. The Morgan fingerprint density at radius 3 is 2.45 bits per heavy atom. The van der Waals surface area contributed by atoms with Crippen LogP contribution >= 0.6 is 12.4 Å². The van der Waals surface area contributed by atoms with E-state index in [0.29, 0.717) is 18.0 Å². The van der Waals surface area contributed by atoms with E-state index in [1.165, 1.54) is 11.0 Å². The van der Waals surface area contributed by atoms with Crippen molar-refractivity contribution >= 4 is 57.3 Å². The van der Waals surface area contributed by atoms with Crippen molar-refractivity contribution < 1.29 is 9.59 Å². The molecule has 0 saturated carbocycles. The van der Waals surface area contributed by atoms with E-state index in [0.717, 1.165) is 58.1 Å². The maximum atomic E-state index is 13.7. The number of rotatable bonds is 3. The fourth-order valence-electron chi connectivity index (χ4n) is 5.37. The Balaban J connectivity index is 0.00000228. The van der Waals surface area contributed by atoms with Gasteiger partial charge in [0.2, 0.25) is 0 Å². The molecule has 2 aromatic carbocycles. The number of benzene rings is 2. The van der Waals surface area contributed by atoms with Crippen molar-refractivity contribution in [1.29, 1.82) is 0 Å². The molecule has 0 aliphatic carbocycles. The number of fused-ring (bicyclic) bond motifs is 4. The van der Waals surface area contributed by atoms with Gasteiger partial charge >= 0.3 is 0 Å². The lowest BCUT2D eigenvalue weighted by atomic mass is 9.95. The molecule has 4 heterocycles. The highest BCUT2D eigenvalue weighted by molar-refractivity contribution is 6.45. The molecule has 1 unspecified atom stereocenters. The average Bonchev–Trinajstić information content (AvgIpc) is 3.42. The third-order valence-corrected chi connectivity index (χ3v) is 6.96. The topological polar surface area (TPSA) is 73.3 Å². The molecular weight excluding hydrogens is 436 g/mol. The van der Waals surface area contributed by atoms with E-state index in [2.05, 4.69) is 10.6 Å². The molecule has 1 atom stereocenters. The van der Waals surface area contributed by atoms with E-state index in [9.17, 15) is 9.59 Å².